The third-order valence-electron chi connectivity index (χ3n) is 3.11. The van der Waals surface area contributed by atoms with Gasteiger partial charge in [-0.05, 0) is 48.0 Å². The van der Waals surface area contributed by atoms with Crippen LogP contribution in [0.4, 0.5) is 0 Å². The minimum absolute atomic E-state index is 0.0514. The Bertz CT molecular complexity index is 985. The molecule has 1 heterocycles. The second-order valence-corrected chi connectivity index (χ2v) is 9.10. The van der Waals surface area contributed by atoms with E-state index in [1.54, 1.807) is 36.4 Å². The second-order valence-electron chi connectivity index (χ2n) is 4.92. The van der Waals surface area contributed by atoms with E-state index in [2.05, 4.69) is 21.2 Å². The zero-order valence-corrected chi connectivity index (χ0v) is 16.5. The average Bonchev–Trinajstić information content (AvgIpc) is 2.85. The van der Waals surface area contributed by atoms with Crippen LogP contribution in [-0.4, -0.2) is 18.6 Å². The molecule has 1 amide bonds. The highest BCUT2D eigenvalue weighted by molar-refractivity contribution is 9.10. The van der Waals surface area contributed by atoms with Gasteiger partial charge in [0.2, 0.25) is 0 Å². The first-order chi connectivity index (χ1) is 11.8. The standard InChI is InChI=1S/C16H10BrNO4S3/c17-11-4-6-13(7-5-11)25(20,21)22-12-3-1-2-10(8-12)9-14-15(19)18-16(23)24-14/h1-9H,(H,18,19,23)/b14-9+. The van der Waals surface area contributed by atoms with Crippen molar-refractivity contribution in [2.45, 2.75) is 4.90 Å². The zero-order valence-electron chi connectivity index (χ0n) is 12.4. The highest BCUT2D eigenvalue weighted by atomic mass is 79.9. The number of thiocarbonyl (C=S) groups is 1. The fourth-order valence-corrected chi connectivity index (χ4v) is 4.24. The molecule has 0 radical (unpaired) electrons. The molecule has 0 unspecified atom stereocenters. The number of thioether (sulfide) groups is 1. The van der Waals surface area contributed by atoms with Crippen molar-refractivity contribution in [1.29, 1.82) is 0 Å². The summed E-state index contributed by atoms with van der Waals surface area (Å²) in [4.78, 5) is 12.2. The van der Waals surface area contributed by atoms with Gasteiger partial charge in [-0.15, -0.1) is 0 Å². The maximum Gasteiger partial charge on any atom is 0.339 e. The number of benzene rings is 2. The number of carbonyl (C=O) groups excluding carboxylic acids is 1. The smallest absolute Gasteiger partial charge is 0.339 e. The molecule has 0 aliphatic carbocycles. The van der Waals surface area contributed by atoms with Crippen LogP contribution in [0.15, 0.2) is 62.8 Å². The molecule has 3 rings (SSSR count). The molecule has 5 nitrogen and oxygen atoms in total. The Morgan fingerprint density at radius 1 is 1.16 bits per heavy atom. The monoisotopic (exact) mass is 455 g/mol. The van der Waals surface area contributed by atoms with Crippen molar-refractivity contribution < 1.29 is 17.4 Å². The first-order valence-electron chi connectivity index (χ1n) is 6.88. The van der Waals surface area contributed by atoms with Crippen LogP contribution < -0.4 is 9.50 Å². The van der Waals surface area contributed by atoms with Crippen molar-refractivity contribution in [3.63, 3.8) is 0 Å². The molecule has 1 saturated heterocycles. The lowest BCUT2D eigenvalue weighted by Gasteiger charge is -2.08. The van der Waals surface area contributed by atoms with Gasteiger partial charge in [-0.1, -0.05) is 52.0 Å². The van der Waals surface area contributed by atoms with Crippen LogP contribution in [-0.2, 0) is 14.9 Å². The first kappa shape index (κ1) is 18.1. The summed E-state index contributed by atoms with van der Waals surface area (Å²) >= 11 is 9.34. The maximum absolute atomic E-state index is 12.3. The van der Waals surface area contributed by atoms with E-state index < -0.39 is 10.1 Å². The summed E-state index contributed by atoms with van der Waals surface area (Å²) < 4.78 is 31.0. The Hall–Kier alpha value is -1.68. The minimum Gasteiger partial charge on any atom is -0.379 e. The van der Waals surface area contributed by atoms with Gasteiger partial charge >= 0.3 is 10.1 Å². The van der Waals surface area contributed by atoms with Gasteiger partial charge in [0.15, 0.2) is 0 Å². The van der Waals surface area contributed by atoms with Gasteiger partial charge in [0.25, 0.3) is 5.91 Å². The Morgan fingerprint density at radius 2 is 1.88 bits per heavy atom. The zero-order chi connectivity index (χ0) is 18.0. The van der Waals surface area contributed by atoms with Crippen molar-refractivity contribution in [3.05, 3.63) is 63.5 Å². The van der Waals surface area contributed by atoms with Crippen molar-refractivity contribution in [1.82, 2.24) is 5.32 Å². The van der Waals surface area contributed by atoms with E-state index in [0.717, 1.165) is 16.2 Å². The van der Waals surface area contributed by atoms with Crippen LogP contribution >= 0.6 is 39.9 Å². The summed E-state index contributed by atoms with van der Waals surface area (Å²) in [6.07, 6.45) is 1.62. The van der Waals surface area contributed by atoms with Gasteiger partial charge in [0.05, 0.1) is 4.91 Å². The van der Waals surface area contributed by atoms with Gasteiger partial charge < -0.3 is 9.50 Å². The summed E-state index contributed by atoms with van der Waals surface area (Å²) in [6.45, 7) is 0. The topological polar surface area (TPSA) is 72.5 Å². The molecule has 1 N–H and O–H groups in total. The molecule has 2 aromatic rings. The third-order valence-corrected chi connectivity index (χ3v) is 6.06. The normalized spacial score (nSPS) is 16.1. The number of rotatable bonds is 4. The molecule has 128 valence electrons. The summed E-state index contributed by atoms with van der Waals surface area (Å²) in [7, 11) is -3.94. The van der Waals surface area contributed by atoms with Crippen LogP contribution in [0.3, 0.4) is 0 Å². The molecule has 2 aromatic carbocycles. The molecule has 0 spiro atoms. The Morgan fingerprint density at radius 3 is 2.52 bits per heavy atom. The summed E-state index contributed by atoms with van der Waals surface area (Å²) in [5.74, 6) is -0.118. The van der Waals surface area contributed by atoms with E-state index in [4.69, 9.17) is 16.4 Å². The van der Waals surface area contributed by atoms with Gasteiger partial charge in [0, 0.05) is 4.47 Å². The molecular formula is C16H10BrNO4S3. The van der Waals surface area contributed by atoms with Gasteiger partial charge in [-0.25, -0.2) is 0 Å². The highest BCUT2D eigenvalue weighted by Crippen LogP contribution is 2.27. The van der Waals surface area contributed by atoms with Crippen LogP contribution in [0.1, 0.15) is 5.56 Å². The van der Waals surface area contributed by atoms with Crippen molar-refractivity contribution in [2.24, 2.45) is 0 Å². The number of hydrogen-bond donors (Lipinski definition) is 1. The summed E-state index contributed by atoms with van der Waals surface area (Å²) in [5, 5.41) is 2.52. The SMILES string of the molecule is O=C1NC(=S)S/C1=C/c1cccc(OS(=O)(=O)c2ccc(Br)cc2)c1. The summed E-state index contributed by atoms with van der Waals surface area (Å²) in [6, 6.07) is 12.6. The van der Waals surface area contributed by atoms with E-state index in [-0.39, 0.29) is 16.6 Å². The fraction of sp³-hybridized carbons (Fsp3) is 0. The fourth-order valence-electron chi connectivity index (χ4n) is 2.00. The lowest BCUT2D eigenvalue weighted by atomic mass is 10.2. The molecule has 25 heavy (non-hydrogen) atoms. The Balaban J connectivity index is 1.85. The first-order valence-corrected chi connectivity index (χ1v) is 10.3. The molecule has 1 fully saturated rings. The second kappa shape index (κ2) is 7.28. The van der Waals surface area contributed by atoms with E-state index in [9.17, 15) is 13.2 Å². The summed E-state index contributed by atoms with van der Waals surface area (Å²) in [5.41, 5.74) is 0.630. The molecule has 1 aliphatic rings. The van der Waals surface area contributed by atoms with Crippen molar-refractivity contribution in [2.75, 3.05) is 0 Å². The number of nitrogens with one attached hydrogen (secondary N) is 1. The number of carbonyl (C=O) groups is 1. The van der Waals surface area contributed by atoms with Gasteiger partial charge in [0.1, 0.15) is 15.0 Å². The molecule has 0 atom stereocenters. The van der Waals surface area contributed by atoms with E-state index in [1.165, 1.54) is 18.2 Å². The van der Waals surface area contributed by atoms with Crippen LogP contribution in [0.5, 0.6) is 5.75 Å². The van der Waals surface area contributed by atoms with Crippen LogP contribution in [0, 0.1) is 0 Å². The van der Waals surface area contributed by atoms with E-state index in [1.807, 2.05) is 0 Å². The maximum atomic E-state index is 12.3. The molecule has 0 bridgehead atoms. The Labute approximate surface area is 162 Å². The number of halogens is 1. The quantitative estimate of drug-likeness (QED) is 0.430. The minimum atomic E-state index is -3.94. The predicted molar refractivity (Wildman–Crippen MR) is 105 cm³/mol. The van der Waals surface area contributed by atoms with Gasteiger partial charge in [-0.3, -0.25) is 4.79 Å². The lowest BCUT2D eigenvalue weighted by molar-refractivity contribution is -0.115. The lowest BCUT2D eigenvalue weighted by Crippen LogP contribution is -2.17. The Kier molecular flexibility index (Phi) is 5.28. The molecule has 0 aromatic heterocycles. The molecular weight excluding hydrogens is 446 g/mol. The van der Waals surface area contributed by atoms with Crippen LogP contribution in [0.2, 0.25) is 0 Å². The van der Waals surface area contributed by atoms with E-state index in [0.29, 0.717) is 14.8 Å². The predicted octanol–water partition coefficient (Wildman–Crippen LogP) is 3.71. The average molecular weight is 456 g/mol. The van der Waals surface area contributed by atoms with Crippen molar-refractivity contribution in [3.8, 4) is 5.75 Å². The number of hydrogen-bond acceptors (Lipinski definition) is 6. The highest BCUT2D eigenvalue weighted by Gasteiger charge is 2.22. The largest absolute Gasteiger partial charge is 0.379 e. The van der Waals surface area contributed by atoms with Gasteiger partial charge in [-0.2, -0.15) is 8.42 Å². The molecule has 9 heteroatoms. The number of amides is 1. The third kappa shape index (κ3) is 4.49. The van der Waals surface area contributed by atoms with E-state index >= 15 is 0 Å². The van der Waals surface area contributed by atoms with Crippen LogP contribution in [0.25, 0.3) is 6.08 Å². The molecule has 1 aliphatic heterocycles. The van der Waals surface area contributed by atoms with Crippen molar-refractivity contribution >= 4 is 66.3 Å². The molecule has 0 saturated carbocycles.